The molecule has 0 unspecified atom stereocenters. The Kier molecular flexibility index (Phi) is 6.24. The van der Waals surface area contributed by atoms with Crippen molar-refractivity contribution in [3.63, 3.8) is 0 Å². The molecule has 2 aromatic carbocycles. The van der Waals surface area contributed by atoms with Crippen LogP contribution in [0.4, 0.5) is 10.1 Å². The summed E-state index contributed by atoms with van der Waals surface area (Å²) in [6.07, 6.45) is 0. The minimum Gasteiger partial charge on any atom is -0.351 e. The van der Waals surface area contributed by atoms with Crippen molar-refractivity contribution in [2.75, 3.05) is 13.1 Å². The summed E-state index contributed by atoms with van der Waals surface area (Å²) in [5.41, 5.74) is -0.564. The molecule has 0 bridgehead atoms. The van der Waals surface area contributed by atoms with Crippen LogP contribution in [0.2, 0.25) is 5.02 Å². The SMILES string of the molecule is O=C(NCCNS(=O)(=O)c1ccc([N+](=O)[O-])cc1)c1c(F)cccc1Cl. The summed E-state index contributed by atoms with van der Waals surface area (Å²) < 4.78 is 39.9. The van der Waals surface area contributed by atoms with Gasteiger partial charge in [-0.3, -0.25) is 14.9 Å². The molecule has 0 fully saturated rings. The Balaban J connectivity index is 1.92. The standard InChI is InChI=1S/C15H13ClFN3O5S/c16-12-2-1-3-13(17)14(12)15(21)18-8-9-19-26(24,25)11-6-4-10(5-7-11)20(22)23/h1-7,19H,8-9H2,(H,18,21). The first-order chi connectivity index (χ1) is 12.2. The second-order valence-corrected chi connectivity index (χ2v) is 7.18. The summed E-state index contributed by atoms with van der Waals surface area (Å²) in [5.74, 6) is -1.57. The smallest absolute Gasteiger partial charge is 0.269 e. The highest BCUT2D eigenvalue weighted by atomic mass is 35.5. The zero-order chi connectivity index (χ0) is 19.3. The Bertz CT molecular complexity index is 915. The van der Waals surface area contributed by atoms with E-state index in [-0.39, 0.29) is 34.3 Å². The van der Waals surface area contributed by atoms with Gasteiger partial charge in [0, 0.05) is 25.2 Å². The van der Waals surface area contributed by atoms with Gasteiger partial charge < -0.3 is 5.32 Å². The fourth-order valence-corrected chi connectivity index (χ4v) is 3.28. The molecule has 11 heteroatoms. The molecule has 0 heterocycles. The predicted molar refractivity (Wildman–Crippen MR) is 92.0 cm³/mol. The monoisotopic (exact) mass is 401 g/mol. The quantitative estimate of drug-likeness (QED) is 0.418. The summed E-state index contributed by atoms with van der Waals surface area (Å²) in [6.45, 7) is -0.285. The molecule has 0 radical (unpaired) electrons. The topological polar surface area (TPSA) is 118 Å². The number of halogens is 2. The number of nitrogens with zero attached hydrogens (tertiary/aromatic N) is 1. The molecule has 8 nitrogen and oxygen atoms in total. The number of nitrogens with one attached hydrogen (secondary N) is 2. The lowest BCUT2D eigenvalue weighted by molar-refractivity contribution is -0.384. The molecule has 2 rings (SSSR count). The average Bonchev–Trinajstić information content (AvgIpc) is 2.58. The maximum Gasteiger partial charge on any atom is 0.269 e. The van der Waals surface area contributed by atoms with E-state index in [2.05, 4.69) is 10.0 Å². The summed E-state index contributed by atoms with van der Waals surface area (Å²) in [5, 5.41) is 12.9. The van der Waals surface area contributed by atoms with Crippen molar-refractivity contribution in [1.29, 1.82) is 0 Å². The number of nitro benzene ring substituents is 1. The van der Waals surface area contributed by atoms with Gasteiger partial charge >= 0.3 is 0 Å². The summed E-state index contributed by atoms with van der Waals surface area (Å²) >= 11 is 5.76. The van der Waals surface area contributed by atoms with Gasteiger partial charge in [0.1, 0.15) is 5.82 Å². The van der Waals surface area contributed by atoms with E-state index in [4.69, 9.17) is 11.6 Å². The van der Waals surface area contributed by atoms with Crippen molar-refractivity contribution in [2.24, 2.45) is 0 Å². The van der Waals surface area contributed by atoms with Gasteiger partial charge in [0.25, 0.3) is 11.6 Å². The zero-order valence-corrected chi connectivity index (χ0v) is 14.7. The molecule has 2 N–H and O–H groups in total. The molecule has 0 aliphatic rings. The van der Waals surface area contributed by atoms with E-state index in [0.717, 1.165) is 30.3 Å². The number of amides is 1. The number of non-ortho nitro benzene ring substituents is 1. The molecule has 2 aromatic rings. The number of hydrogen-bond donors (Lipinski definition) is 2. The highest BCUT2D eigenvalue weighted by Gasteiger charge is 2.17. The number of nitro groups is 1. The fraction of sp³-hybridized carbons (Fsp3) is 0.133. The maximum atomic E-state index is 13.6. The number of sulfonamides is 1. The third-order valence-electron chi connectivity index (χ3n) is 3.25. The highest BCUT2D eigenvalue weighted by molar-refractivity contribution is 7.89. The Morgan fingerprint density at radius 3 is 2.38 bits per heavy atom. The molecule has 0 aliphatic carbocycles. The minimum atomic E-state index is -3.91. The molecular weight excluding hydrogens is 389 g/mol. The van der Waals surface area contributed by atoms with Gasteiger partial charge in [0.05, 0.1) is 20.4 Å². The molecule has 0 spiro atoms. The van der Waals surface area contributed by atoms with Crippen molar-refractivity contribution in [1.82, 2.24) is 10.0 Å². The van der Waals surface area contributed by atoms with Gasteiger partial charge in [-0.25, -0.2) is 17.5 Å². The minimum absolute atomic E-state index is 0.0611. The normalized spacial score (nSPS) is 11.2. The zero-order valence-electron chi connectivity index (χ0n) is 13.1. The van der Waals surface area contributed by atoms with E-state index in [1.807, 2.05) is 0 Å². The van der Waals surface area contributed by atoms with Gasteiger partial charge in [-0.15, -0.1) is 0 Å². The van der Waals surface area contributed by atoms with Gasteiger partial charge in [-0.05, 0) is 24.3 Å². The predicted octanol–water partition coefficient (Wildman–Crippen LogP) is 2.10. The van der Waals surface area contributed by atoms with E-state index >= 15 is 0 Å². The second-order valence-electron chi connectivity index (χ2n) is 5.00. The molecule has 0 saturated heterocycles. The first-order valence-electron chi connectivity index (χ1n) is 7.18. The molecule has 0 aliphatic heterocycles. The van der Waals surface area contributed by atoms with Crippen molar-refractivity contribution < 1.29 is 22.5 Å². The first kappa shape index (κ1) is 19.8. The lowest BCUT2D eigenvalue weighted by atomic mass is 10.2. The van der Waals surface area contributed by atoms with Crippen LogP contribution >= 0.6 is 11.6 Å². The van der Waals surface area contributed by atoms with Crippen LogP contribution in [0.3, 0.4) is 0 Å². The van der Waals surface area contributed by atoms with Gasteiger partial charge in [0.2, 0.25) is 10.0 Å². The maximum absolute atomic E-state index is 13.6. The average molecular weight is 402 g/mol. The second kappa shape index (κ2) is 8.21. The van der Waals surface area contributed by atoms with Crippen LogP contribution in [0.15, 0.2) is 47.4 Å². The lowest BCUT2D eigenvalue weighted by Crippen LogP contribution is -2.35. The summed E-state index contributed by atoms with van der Waals surface area (Å²) in [4.78, 5) is 21.7. The number of rotatable bonds is 7. The Morgan fingerprint density at radius 1 is 1.15 bits per heavy atom. The van der Waals surface area contributed by atoms with Crippen LogP contribution in [0.5, 0.6) is 0 Å². The van der Waals surface area contributed by atoms with E-state index in [0.29, 0.717) is 0 Å². The van der Waals surface area contributed by atoms with Crippen molar-refractivity contribution >= 4 is 33.2 Å². The highest BCUT2D eigenvalue weighted by Crippen LogP contribution is 2.18. The van der Waals surface area contributed by atoms with E-state index in [1.54, 1.807) is 0 Å². The fourth-order valence-electron chi connectivity index (χ4n) is 1.99. The molecule has 26 heavy (non-hydrogen) atoms. The Hall–Kier alpha value is -2.56. The Morgan fingerprint density at radius 2 is 1.81 bits per heavy atom. The Labute approximate surface area is 153 Å². The van der Waals surface area contributed by atoms with E-state index in [1.165, 1.54) is 12.1 Å². The molecule has 0 aromatic heterocycles. The molecule has 0 atom stereocenters. The number of hydrogen-bond acceptors (Lipinski definition) is 5. The van der Waals surface area contributed by atoms with Crippen LogP contribution in [0, 0.1) is 15.9 Å². The van der Waals surface area contributed by atoms with E-state index < -0.39 is 26.7 Å². The first-order valence-corrected chi connectivity index (χ1v) is 9.05. The van der Waals surface area contributed by atoms with Crippen LogP contribution in [0.1, 0.15) is 10.4 Å². The lowest BCUT2D eigenvalue weighted by Gasteiger charge is -2.09. The van der Waals surface area contributed by atoms with Gasteiger partial charge in [-0.1, -0.05) is 17.7 Å². The third-order valence-corrected chi connectivity index (χ3v) is 5.04. The molecule has 138 valence electrons. The number of benzene rings is 2. The van der Waals surface area contributed by atoms with Crippen LogP contribution in [-0.2, 0) is 10.0 Å². The summed E-state index contributed by atoms with van der Waals surface area (Å²) in [7, 11) is -3.91. The molecular formula is C15H13ClFN3O5S. The molecule has 1 amide bonds. The van der Waals surface area contributed by atoms with Crippen molar-refractivity contribution in [3.8, 4) is 0 Å². The number of carbonyl (C=O) groups is 1. The largest absolute Gasteiger partial charge is 0.351 e. The van der Waals surface area contributed by atoms with E-state index in [9.17, 15) is 27.7 Å². The van der Waals surface area contributed by atoms with Crippen LogP contribution in [0.25, 0.3) is 0 Å². The van der Waals surface area contributed by atoms with Gasteiger partial charge in [0.15, 0.2) is 0 Å². The van der Waals surface area contributed by atoms with Crippen molar-refractivity contribution in [3.05, 3.63) is 69.0 Å². The third kappa shape index (κ3) is 4.75. The summed E-state index contributed by atoms with van der Waals surface area (Å²) in [6, 6.07) is 8.12. The van der Waals surface area contributed by atoms with Crippen LogP contribution in [-0.4, -0.2) is 32.3 Å². The van der Waals surface area contributed by atoms with Crippen molar-refractivity contribution in [2.45, 2.75) is 4.90 Å². The van der Waals surface area contributed by atoms with Gasteiger partial charge in [-0.2, -0.15) is 0 Å². The molecule has 0 saturated carbocycles. The van der Waals surface area contributed by atoms with Crippen LogP contribution < -0.4 is 10.0 Å². The number of carbonyl (C=O) groups excluding carboxylic acids is 1.